The molecule has 1 saturated carbocycles. The summed E-state index contributed by atoms with van der Waals surface area (Å²) in [6.07, 6.45) is -4.36. The molecule has 6 heteroatoms. The van der Waals surface area contributed by atoms with E-state index in [0.29, 0.717) is 5.75 Å². The fourth-order valence-corrected chi connectivity index (χ4v) is 2.77. The molecule has 0 N–H and O–H groups in total. The van der Waals surface area contributed by atoms with E-state index < -0.39 is 36.8 Å². The quantitative estimate of drug-likeness (QED) is 0.666. The van der Waals surface area contributed by atoms with E-state index in [-0.39, 0.29) is 6.42 Å². The number of alkyl halides is 5. The molecule has 0 unspecified atom stereocenters. The van der Waals surface area contributed by atoms with Crippen molar-refractivity contribution in [3.63, 3.8) is 0 Å². The minimum atomic E-state index is -4.49. The Labute approximate surface area is 89.6 Å². The van der Waals surface area contributed by atoms with Crippen molar-refractivity contribution in [2.24, 2.45) is 11.8 Å². The van der Waals surface area contributed by atoms with Crippen LogP contribution in [0.1, 0.15) is 19.3 Å². The smallest absolute Gasteiger partial charge is 0.207 e. The van der Waals surface area contributed by atoms with E-state index in [4.69, 9.17) is 0 Å². The lowest BCUT2D eigenvalue weighted by atomic mass is 9.79. The second-order valence-electron chi connectivity index (χ2n) is 4.06. The van der Waals surface area contributed by atoms with Gasteiger partial charge < -0.3 is 0 Å². The van der Waals surface area contributed by atoms with Gasteiger partial charge in [0.05, 0.1) is 5.92 Å². The summed E-state index contributed by atoms with van der Waals surface area (Å²) < 4.78 is 63.2. The molecule has 0 aromatic heterocycles. The molecule has 0 saturated heterocycles. The van der Waals surface area contributed by atoms with Gasteiger partial charge >= 0.3 is 6.18 Å². The lowest BCUT2D eigenvalue weighted by molar-refractivity contribution is -0.212. The molecule has 0 aromatic rings. The third kappa shape index (κ3) is 3.81. The summed E-state index contributed by atoms with van der Waals surface area (Å²) in [6.45, 7) is 0. The van der Waals surface area contributed by atoms with Gasteiger partial charge in [0, 0.05) is 12.8 Å². The number of hydrogen-bond donors (Lipinski definition) is 0. The van der Waals surface area contributed by atoms with Gasteiger partial charge in [-0.05, 0) is 24.3 Å². The molecule has 1 fully saturated rings. The van der Waals surface area contributed by atoms with Gasteiger partial charge in [-0.25, -0.2) is 8.78 Å². The Morgan fingerprint density at radius 2 is 1.87 bits per heavy atom. The molecule has 1 rings (SSSR count). The first-order valence-electron chi connectivity index (χ1n) is 4.68. The molecule has 1 aliphatic rings. The third-order valence-electron chi connectivity index (χ3n) is 2.62. The van der Waals surface area contributed by atoms with E-state index in [1.54, 1.807) is 6.26 Å². The van der Waals surface area contributed by atoms with Crippen LogP contribution in [0.5, 0.6) is 0 Å². The van der Waals surface area contributed by atoms with Crippen LogP contribution in [0, 0.1) is 11.8 Å². The van der Waals surface area contributed by atoms with Crippen LogP contribution in [0.15, 0.2) is 0 Å². The zero-order chi connectivity index (χ0) is 11.7. The Kier molecular flexibility index (Phi) is 3.90. The summed E-state index contributed by atoms with van der Waals surface area (Å²) >= 11 is 1.32. The summed E-state index contributed by atoms with van der Waals surface area (Å²) in [5.41, 5.74) is 0. The highest BCUT2D eigenvalue weighted by Gasteiger charge is 2.51. The number of hydrogen-bond acceptors (Lipinski definition) is 1. The van der Waals surface area contributed by atoms with Crippen LogP contribution in [0.25, 0.3) is 0 Å². The second-order valence-corrected chi connectivity index (χ2v) is 4.97. The minimum Gasteiger partial charge on any atom is -0.207 e. The van der Waals surface area contributed by atoms with Crippen LogP contribution in [0.3, 0.4) is 0 Å². The predicted octanol–water partition coefficient (Wildman–Crippen LogP) is 3.96. The number of halogens is 5. The molecule has 90 valence electrons. The molecule has 0 aromatic carbocycles. The maximum absolute atomic E-state index is 13.0. The summed E-state index contributed by atoms with van der Waals surface area (Å²) in [5, 5.41) is 0. The van der Waals surface area contributed by atoms with Crippen molar-refractivity contribution in [1.82, 2.24) is 0 Å². The van der Waals surface area contributed by atoms with Crippen LogP contribution < -0.4 is 0 Å². The first-order chi connectivity index (χ1) is 6.74. The third-order valence-corrected chi connectivity index (χ3v) is 3.42. The highest BCUT2D eigenvalue weighted by atomic mass is 32.2. The molecule has 0 radical (unpaired) electrons. The zero-order valence-corrected chi connectivity index (χ0v) is 9.10. The van der Waals surface area contributed by atoms with Crippen LogP contribution in [-0.2, 0) is 0 Å². The molecule has 15 heavy (non-hydrogen) atoms. The molecule has 1 aliphatic carbocycles. The predicted molar refractivity (Wildman–Crippen MR) is 50.2 cm³/mol. The lowest BCUT2D eigenvalue weighted by Gasteiger charge is -2.35. The largest absolute Gasteiger partial charge is 0.392 e. The van der Waals surface area contributed by atoms with Gasteiger partial charge in [0.25, 0.3) is 0 Å². The van der Waals surface area contributed by atoms with Crippen molar-refractivity contribution in [3.8, 4) is 0 Å². The molecule has 2 atom stereocenters. The SMILES string of the molecule is CSC[C@H]1C[C@H](C(F)(F)F)CC(F)(F)C1. The van der Waals surface area contributed by atoms with Crippen molar-refractivity contribution in [2.75, 3.05) is 12.0 Å². The van der Waals surface area contributed by atoms with E-state index in [0.717, 1.165) is 0 Å². The minimum absolute atomic E-state index is 0.153. The van der Waals surface area contributed by atoms with E-state index in [1.807, 2.05) is 0 Å². The molecular formula is C9H13F5S. The van der Waals surface area contributed by atoms with Crippen molar-refractivity contribution < 1.29 is 22.0 Å². The summed E-state index contributed by atoms with van der Waals surface area (Å²) in [4.78, 5) is 0. The first kappa shape index (κ1) is 13.1. The number of rotatable bonds is 2. The maximum atomic E-state index is 13.0. The van der Waals surface area contributed by atoms with Gasteiger partial charge in [0.2, 0.25) is 5.92 Å². The molecular weight excluding hydrogens is 235 g/mol. The van der Waals surface area contributed by atoms with Crippen molar-refractivity contribution in [1.29, 1.82) is 0 Å². The van der Waals surface area contributed by atoms with Crippen LogP contribution in [0.2, 0.25) is 0 Å². The Bertz CT molecular complexity index is 213. The van der Waals surface area contributed by atoms with Crippen LogP contribution in [0.4, 0.5) is 22.0 Å². The fraction of sp³-hybridized carbons (Fsp3) is 1.00. The summed E-state index contributed by atoms with van der Waals surface area (Å²) in [7, 11) is 0. The second kappa shape index (κ2) is 4.47. The molecule has 0 amide bonds. The monoisotopic (exact) mass is 248 g/mol. The standard InChI is InChI=1S/C9H13F5S/c1-15-5-6-2-7(9(12,13)14)4-8(10,11)3-6/h6-7H,2-5H2,1H3/t6-,7-/m0/s1. The fourth-order valence-electron chi connectivity index (χ4n) is 2.05. The average Bonchev–Trinajstić information content (AvgIpc) is 1.99. The first-order valence-corrected chi connectivity index (χ1v) is 6.07. The van der Waals surface area contributed by atoms with Gasteiger partial charge in [-0.3, -0.25) is 0 Å². The van der Waals surface area contributed by atoms with Crippen LogP contribution in [-0.4, -0.2) is 24.1 Å². The highest BCUT2D eigenvalue weighted by Crippen LogP contribution is 2.46. The molecule has 0 aliphatic heterocycles. The zero-order valence-electron chi connectivity index (χ0n) is 8.28. The van der Waals surface area contributed by atoms with Gasteiger partial charge in [0.15, 0.2) is 0 Å². The Hall–Kier alpha value is -0.0000000000000000555. The molecule has 0 bridgehead atoms. The normalized spacial score (nSPS) is 31.6. The molecule has 0 spiro atoms. The molecule has 0 heterocycles. The average molecular weight is 248 g/mol. The topological polar surface area (TPSA) is 0 Å². The van der Waals surface area contributed by atoms with E-state index in [1.165, 1.54) is 11.8 Å². The van der Waals surface area contributed by atoms with Gasteiger partial charge in [-0.15, -0.1) is 0 Å². The lowest BCUT2D eigenvalue weighted by Crippen LogP contribution is -2.39. The van der Waals surface area contributed by atoms with Gasteiger partial charge in [-0.2, -0.15) is 24.9 Å². The summed E-state index contributed by atoms with van der Waals surface area (Å²) in [6, 6.07) is 0. The van der Waals surface area contributed by atoms with E-state index in [9.17, 15) is 22.0 Å². The Morgan fingerprint density at radius 1 is 1.27 bits per heavy atom. The Balaban J connectivity index is 2.68. The Morgan fingerprint density at radius 3 is 2.33 bits per heavy atom. The van der Waals surface area contributed by atoms with Gasteiger partial charge in [0.1, 0.15) is 0 Å². The maximum Gasteiger partial charge on any atom is 0.392 e. The number of thioether (sulfide) groups is 1. The van der Waals surface area contributed by atoms with E-state index >= 15 is 0 Å². The highest BCUT2D eigenvalue weighted by molar-refractivity contribution is 7.98. The van der Waals surface area contributed by atoms with Crippen molar-refractivity contribution >= 4 is 11.8 Å². The van der Waals surface area contributed by atoms with Crippen molar-refractivity contribution in [3.05, 3.63) is 0 Å². The van der Waals surface area contributed by atoms with Crippen molar-refractivity contribution in [2.45, 2.75) is 31.4 Å². The van der Waals surface area contributed by atoms with E-state index in [2.05, 4.69) is 0 Å². The van der Waals surface area contributed by atoms with Gasteiger partial charge in [-0.1, -0.05) is 0 Å². The summed E-state index contributed by atoms with van der Waals surface area (Å²) in [5.74, 6) is -5.13. The molecule has 0 nitrogen and oxygen atoms in total. The van der Waals surface area contributed by atoms with Crippen LogP contribution >= 0.6 is 11.8 Å².